The highest BCUT2D eigenvalue weighted by molar-refractivity contribution is 6.22. The summed E-state index contributed by atoms with van der Waals surface area (Å²) in [7, 11) is 3.04. The number of aromatic nitrogens is 3. The molecule has 0 fully saturated rings. The van der Waals surface area contributed by atoms with E-state index in [2.05, 4.69) is 9.97 Å². The molecule has 190 valence electrons. The number of fused-ring (bicyclic) bond motifs is 1. The average Bonchev–Trinajstić information content (AvgIpc) is 3.58. The summed E-state index contributed by atoms with van der Waals surface area (Å²) in [6.45, 7) is 0.187. The summed E-state index contributed by atoms with van der Waals surface area (Å²) in [4.78, 5) is 38.0. The first-order valence-electron chi connectivity index (χ1n) is 11.8. The number of esters is 1. The molecule has 2 aromatic heterocycles. The second kappa shape index (κ2) is 10.4. The van der Waals surface area contributed by atoms with Crippen molar-refractivity contribution in [2.45, 2.75) is 6.54 Å². The van der Waals surface area contributed by atoms with Crippen molar-refractivity contribution >= 4 is 39.9 Å². The second-order valence-corrected chi connectivity index (χ2v) is 8.63. The van der Waals surface area contributed by atoms with Gasteiger partial charge in [0.05, 0.1) is 36.0 Å². The lowest BCUT2D eigenvalue weighted by Crippen LogP contribution is -2.29. The Kier molecular flexibility index (Phi) is 6.73. The van der Waals surface area contributed by atoms with Gasteiger partial charge in [0.15, 0.2) is 5.88 Å². The average molecular weight is 508 g/mol. The molecule has 1 amide bonds. The van der Waals surface area contributed by atoms with Crippen molar-refractivity contribution in [2.24, 2.45) is 4.99 Å². The van der Waals surface area contributed by atoms with Gasteiger partial charge in [-0.3, -0.25) is 4.79 Å². The van der Waals surface area contributed by atoms with Crippen LogP contribution in [0.3, 0.4) is 0 Å². The number of carbonyl (C=O) groups excluding carboxylic acids is 2. The number of nitrogens with one attached hydrogen (secondary N) is 1. The predicted octanol–water partition coefficient (Wildman–Crippen LogP) is 4.69. The van der Waals surface area contributed by atoms with E-state index in [-0.39, 0.29) is 18.3 Å². The minimum Gasteiger partial charge on any atom is -0.494 e. The fourth-order valence-corrected chi connectivity index (χ4v) is 4.20. The normalized spacial score (nSPS) is 11.5. The van der Waals surface area contributed by atoms with E-state index in [4.69, 9.17) is 9.73 Å². The molecule has 2 N–H and O–H groups in total. The van der Waals surface area contributed by atoms with Crippen molar-refractivity contribution in [3.63, 3.8) is 0 Å². The summed E-state index contributed by atoms with van der Waals surface area (Å²) in [5, 5.41) is 11.6. The number of aromatic amines is 1. The topological polar surface area (TPSA) is 113 Å². The summed E-state index contributed by atoms with van der Waals surface area (Å²) in [5.74, 6) is -0.613. The molecule has 0 saturated heterocycles. The maximum Gasteiger partial charge on any atom is 0.337 e. The van der Waals surface area contributed by atoms with Crippen molar-refractivity contribution in [3.8, 4) is 5.88 Å². The Hall–Kier alpha value is -5.18. The molecule has 2 heterocycles. The molecule has 0 aliphatic heterocycles. The van der Waals surface area contributed by atoms with Crippen molar-refractivity contribution in [3.05, 3.63) is 108 Å². The molecule has 9 nitrogen and oxygen atoms in total. The molecule has 38 heavy (non-hydrogen) atoms. The number of likely N-dealkylation sites (N-methyl/N-ethyl adjacent to an activating group) is 1. The molecule has 0 spiro atoms. The number of anilines is 1. The van der Waals surface area contributed by atoms with Crippen LogP contribution in [-0.2, 0) is 16.1 Å². The number of aromatic hydroxyl groups is 1. The van der Waals surface area contributed by atoms with Gasteiger partial charge < -0.3 is 24.3 Å². The van der Waals surface area contributed by atoms with E-state index in [1.54, 1.807) is 53.4 Å². The van der Waals surface area contributed by atoms with E-state index in [9.17, 15) is 14.7 Å². The van der Waals surface area contributed by atoms with Crippen molar-refractivity contribution in [1.82, 2.24) is 14.5 Å². The van der Waals surface area contributed by atoms with Crippen LogP contribution in [0, 0.1) is 0 Å². The van der Waals surface area contributed by atoms with Gasteiger partial charge in [0, 0.05) is 41.6 Å². The van der Waals surface area contributed by atoms with Crippen LogP contribution in [0.2, 0.25) is 0 Å². The molecule has 0 bridgehead atoms. The van der Waals surface area contributed by atoms with Gasteiger partial charge in [-0.1, -0.05) is 36.4 Å². The Morgan fingerprint density at radius 2 is 1.82 bits per heavy atom. The molecular weight excluding hydrogens is 482 g/mol. The lowest BCUT2D eigenvalue weighted by atomic mass is 10.00. The van der Waals surface area contributed by atoms with Gasteiger partial charge in [-0.15, -0.1) is 0 Å². The zero-order valence-corrected chi connectivity index (χ0v) is 20.8. The van der Waals surface area contributed by atoms with Gasteiger partial charge in [-0.25, -0.2) is 14.8 Å². The first kappa shape index (κ1) is 24.5. The van der Waals surface area contributed by atoms with Gasteiger partial charge in [-0.05, 0) is 36.4 Å². The Bertz CT molecular complexity index is 1620. The number of methoxy groups -OCH3 is 1. The number of aliphatic imine (C=N–C) groups is 1. The van der Waals surface area contributed by atoms with Crippen LogP contribution >= 0.6 is 0 Å². The van der Waals surface area contributed by atoms with Crippen LogP contribution in [-0.4, -0.2) is 51.4 Å². The van der Waals surface area contributed by atoms with Gasteiger partial charge in [-0.2, -0.15) is 0 Å². The molecule has 0 aliphatic carbocycles. The summed E-state index contributed by atoms with van der Waals surface area (Å²) in [6.07, 6.45) is 4.98. The fourth-order valence-electron chi connectivity index (χ4n) is 4.20. The third-order valence-electron chi connectivity index (χ3n) is 6.21. The number of benzene rings is 3. The van der Waals surface area contributed by atoms with Crippen LogP contribution in [0.1, 0.15) is 21.5 Å². The summed E-state index contributed by atoms with van der Waals surface area (Å²) in [5.41, 5.74) is 4.18. The minimum atomic E-state index is -0.465. The minimum absolute atomic E-state index is 0.0638. The molecule has 0 aliphatic rings. The molecule has 5 aromatic rings. The molecule has 5 rings (SSSR count). The standard InChI is InChI=1S/C29H25N5O4/c1-33(25(35)17-34-15-14-30-18-34)22-11-9-21(10-12-22)31-27(19-6-4-3-5-7-19)26-23-13-8-20(29(37)38-2)16-24(23)32-28(26)36/h3-16,18,32,36H,17H2,1-2H3. The quantitative estimate of drug-likeness (QED) is 0.245. The maximum absolute atomic E-state index is 12.7. The van der Waals surface area contributed by atoms with E-state index in [0.717, 1.165) is 11.3 Å². The van der Waals surface area contributed by atoms with Crippen LogP contribution in [0.4, 0.5) is 11.4 Å². The third-order valence-corrected chi connectivity index (χ3v) is 6.21. The highest BCUT2D eigenvalue weighted by Gasteiger charge is 2.20. The number of hydrogen-bond donors (Lipinski definition) is 2. The lowest BCUT2D eigenvalue weighted by molar-refractivity contribution is -0.118. The first-order chi connectivity index (χ1) is 18.4. The number of imidazole rings is 1. The molecule has 9 heteroatoms. The zero-order valence-electron chi connectivity index (χ0n) is 20.8. The number of H-pyrrole nitrogens is 1. The largest absolute Gasteiger partial charge is 0.494 e. The molecule has 3 aromatic carbocycles. The summed E-state index contributed by atoms with van der Waals surface area (Å²) >= 11 is 0. The number of amides is 1. The molecule has 0 saturated carbocycles. The Morgan fingerprint density at radius 1 is 1.05 bits per heavy atom. The van der Waals surface area contributed by atoms with E-state index in [1.165, 1.54) is 7.11 Å². The van der Waals surface area contributed by atoms with Gasteiger partial charge in [0.25, 0.3) is 0 Å². The number of hydrogen-bond acceptors (Lipinski definition) is 6. The Balaban J connectivity index is 1.51. The fraction of sp³-hybridized carbons (Fsp3) is 0.103. The van der Waals surface area contributed by atoms with E-state index in [0.29, 0.717) is 33.4 Å². The molecular formula is C29H25N5O4. The smallest absolute Gasteiger partial charge is 0.337 e. The monoisotopic (exact) mass is 507 g/mol. The van der Waals surface area contributed by atoms with Crippen LogP contribution in [0.15, 0.2) is 96.5 Å². The van der Waals surface area contributed by atoms with Crippen LogP contribution in [0.5, 0.6) is 5.88 Å². The number of ether oxygens (including phenoxy) is 1. The second-order valence-electron chi connectivity index (χ2n) is 8.63. The number of nitrogens with zero attached hydrogens (tertiary/aromatic N) is 4. The van der Waals surface area contributed by atoms with E-state index < -0.39 is 5.97 Å². The highest BCUT2D eigenvalue weighted by atomic mass is 16.5. The Labute approximate surface area is 218 Å². The molecule has 0 atom stereocenters. The highest BCUT2D eigenvalue weighted by Crippen LogP contribution is 2.32. The molecule has 0 radical (unpaired) electrons. The number of rotatable bonds is 7. The van der Waals surface area contributed by atoms with Gasteiger partial charge >= 0.3 is 5.97 Å². The predicted molar refractivity (Wildman–Crippen MR) is 145 cm³/mol. The van der Waals surface area contributed by atoms with Crippen LogP contribution in [0.25, 0.3) is 10.9 Å². The summed E-state index contributed by atoms with van der Waals surface area (Å²) in [6, 6.07) is 21.9. The van der Waals surface area contributed by atoms with Gasteiger partial charge in [0.2, 0.25) is 5.91 Å². The summed E-state index contributed by atoms with van der Waals surface area (Å²) < 4.78 is 6.53. The maximum atomic E-state index is 12.7. The van der Waals surface area contributed by atoms with Crippen molar-refractivity contribution in [1.29, 1.82) is 0 Å². The van der Waals surface area contributed by atoms with Crippen molar-refractivity contribution < 1.29 is 19.4 Å². The van der Waals surface area contributed by atoms with E-state index in [1.807, 2.05) is 54.6 Å². The molecule has 0 unspecified atom stereocenters. The third kappa shape index (κ3) is 4.90. The van der Waals surface area contributed by atoms with Crippen molar-refractivity contribution in [2.75, 3.05) is 19.1 Å². The van der Waals surface area contributed by atoms with Crippen LogP contribution < -0.4 is 4.90 Å². The lowest BCUT2D eigenvalue weighted by Gasteiger charge is -2.17. The zero-order chi connectivity index (χ0) is 26.6. The number of carbonyl (C=O) groups is 2. The Morgan fingerprint density at radius 3 is 2.50 bits per heavy atom. The first-order valence-corrected chi connectivity index (χ1v) is 11.8. The SMILES string of the molecule is COC(=O)c1ccc2c(C(=Nc3ccc(N(C)C(=O)Cn4ccnc4)cc3)c3ccccc3)c(O)[nH]c2c1. The van der Waals surface area contributed by atoms with E-state index >= 15 is 0 Å². The van der Waals surface area contributed by atoms with Gasteiger partial charge in [0.1, 0.15) is 6.54 Å².